The van der Waals surface area contributed by atoms with Gasteiger partial charge in [0.05, 0.1) is 136 Å². The number of pyridine rings is 2. The van der Waals surface area contributed by atoms with Crippen LogP contribution in [0.1, 0.15) is 37.7 Å². The van der Waals surface area contributed by atoms with E-state index in [1.165, 1.54) is 36.4 Å². The Balaban J connectivity index is 1.00. The molecule has 20 nitrogen and oxygen atoms in total. The second-order valence-corrected chi connectivity index (χ2v) is 17.3. The average molecular weight is 985 g/mol. The van der Waals surface area contributed by atoms with Crippen molar-refractivity contribution in [1.29, 1.82) is 0 Å². The molecule has 1 aliphatic heterocycles. The summed E-state index contributed by atoms with van der Waals surface area (Å²) in [5, 5.41) is 17.0. The number of aliphatic hydroxyl groups is 1. The minimum absolute atomic E-state index is 0.00209. The Morgan fingerprint density at radius 1 is 0.750 bits per heavy atom. The fraction of sp³-hybridized carbons (Fsp3) is 0.600. The van der Waals surface area contributed by atoms with Crippen LogP contribution in [0.5, 0.6) is 11.6 Å². The number of hydrogen-bond donors (Lipinski definition) is 5. The first-order chi connectivity index (χ1) is 33.0. The van der Waals surface area contributed by atoms with Crippen LogP contribution in [0.2, 0.25) is 0 Å². The lowest BCUT2D eigenvalue weighted by Crippen LogP contribution is -2.41. The number of nitrogens with two attached hydrogens (primary N) is 1. The molecular formula is C45H66F2N6O14S. The monoisotopic (exact) mass is 984 g/mol. The summed E-state index contributed by atoms with van der Waals surface area (Å²) in [7, 11) is -3.77. The molecular weight excluding hydrogens is 919 g/mol. The summed E-state index contributed by atoms with van der Waals surface area (Å²) in [6.45, 7) is 6.57. The smallest absolute Gasteiger partial charge is 0.236 e. The first-order valence-electron chi connectivity index (χ1n) is 22.7. The van der Waals surface area contributed by atoms with Crippen LogP contribution < -0.4 is 31.2 Å². The highest BCUT2D eigenvalue weighted by atomic mass is 32.2. The number of halogens is 2. The second kappa shape index (κ2) is 33.0. The molecule has 3 aromatic rings. The number of anilines is 2. The summed E-state index contributed by atoms with van der Waals surface area (Å²) in [5.74, 6) is -2.09. The maximum Gasteiger partial charge on any atom is 0.236 e. The highest BCUT2D eigenvalue weighted by Crippen LogP contribution is 2.34. The van der Waals surface area contributed by atoms with Crippen LogP contribution in [0.25, 0.3) is 11.1 Å². The van der Waals surface area contributed by atoms with Crippen molar-refractivity contribution in [3.63, 3.8) is 0 Å². The number of unbranched alkanes of at least 4 members (excludes halogenated alkanes) is 1. The number of nitrogens with zero attached hydrogens (tertiary/aromatic N) is 2. The summed E-state index contributed by atoms with van der Waals surface area (Å²) in [6, 6.07) is 7.47. The zero-order valence-electron chi connectivity index (χ0n) is 38.4. The van der Waals surface area contributed by atoms with Crippen molar-refractivity contribution < 1.29 is 74.5 Å². The number of fused-ring (bicyclic) bond motifs is 6. The standard InChI is InChI=1S/C45H66F2N6O14S/c46-35-5-6-36-37-31-41(51-32-38(37)47)52-42-28-34(29-44(53-42)67-12-3-11-66-40(36)30-35)33-68(57,58)27-7-43(55)49-8-2-1-4-39(48)45(56)50-9-13-59-15-17-61-19-21-63-23-25-65-26-24-64-22-20-62-18-16-60-14-10-54/h5-6,28-32,39,54H,1-4,7-27,33,48H2,(H,49,55)(H,50,56)(H,51,52,53)/t39-/m0/s1. The molecule has 3 heterocycles. The van der Waals surface area contributed by atoms with Crippen LogP contribution >= 0.6 is 0 Å². The van der Waals surface area contributed by atoms with E-state index in [1.54, 1.807) is 0 Å². The van der Waals surface area contributed by atoms with E-state index >= 15 is 0 Å². The van der Waals surface area contributed by atoms with E-state index in [0.717, 1.165) is 6.20 Å². The molecule has 0 saturated carbocycles. The lowest BCUT2D eigenvalue weighted by atomic mass is 10.0. The Morgan fingerprint density at radius 3 is 2.01 bits per heavy atom. The van der Waals surface area contributed by atoms with Crippen LogP contribution in [0.15, 0.2) is 42.6 Å². The van der Waals surface area contributed by atoms with Crippen molar-refractivity contribution in [1.82, 2.24) is 20.6 Å². The number of ether oxygens (including phenoxy) is 9. The summed E-state index contributed by atoms with van der Waals surface area (Å²) in [4.78, 5) is 33.4. The number of amides is 2. The van der Waals surface area contributed by atoms with E-state index in [2.05, 4.69) is 25.9 Å². The van der Waals surface area contributed by atoms with Crippen molar-refractivity contribution in [2.24, 2.45) is 5.73 Å². The number of hydrogen-bond acceptors (Lipinski definition) is 18. The Bertz CT molecular complexity index is 2040. The third-order valence-electron chi connectivity index (χ3n) is 9.64. The van der Waals surface area contributed by atoms with Gasteiger partial charge in [0.25, 0.3) is 0 Å². The molecule has 0 radical (unpaired) electrons. The zero-order chi connectivity index (χ0) is 48.7. The number of sulfone groups is 1. The molecule has 1 atom stereocenters. The molecule has 0 unspecified atom stereocenters. The third kappa shape index (κ3) is 23.6. The van der Waals surface area contributed by atoms with Crippen molar-refractivity contribution in [2.75, 3.05) is 136 Å². The first kappa shape index (κ1) is 55.9. The number of rotatable bonds is 34. The predicted octanol–water partition coefficient (Wildman–Crippen LogP) is 2.47. The van der Waals surface area contributed by atoms with Gasteiger partial charge in [0, 0.05) is 49.2 Å². The molecule has 0 spiro atoms. The van der Waals surface area contributed by atoms with Gasteiger partial charge in [-0.25, -0.2) is 22.2 Å². The normalized spacial score (nSPS) is 13.1. The molecule has 1 aromatic carbocycles. The topological polar surface area (TPSA) is 259 Å². The van der Waals surface area contributed by atoms with Gasteiger partial charge >= 0.3 is 0 Å². The van der Waals surface area contributed by atoms with Crippen molar-refractivity contribution in [3.8, 4) is 22.8 Å². The summed E-state index contributed by atoms with van der Waals surface area (Å²) in [5.41, 5.74) is 6.81. The molecule has 0 saturated heterocycles. The van der Waals surface area contributed by atoms with Crippen LogP contribution in [0.3, 0.4) is 0 Å². The third-order valence-corrected chi connectivity index (χ3v) is 11.2. The van der Waals surface area contributed by atoms with E-state index < -0.39 is 44.9 Å². The van der Waals surface area contributed by atoms with Gasteiger partial charge in [-0.1, -0.05) is 0 Å². The summed E-state index contributed by atoms with van der Waals surface area (Å²) >= 11 is 0. The van der Waals surface area contributed by atoms with Gasteiger partial charge in [-0.3, -0.25) is 9.59 Å². The van der Waals surface area contributed by atoms with Gasteiger partial charge in [-0.05, 0) is 49.1 Å². The van der Waals surface area contributed by atoms with Gasteiger partial charge in [0.15, 0.2) is 9.84 Å². The van der Waals surface area contributed by atoms with Crippen molar-refractivity contribution in [2.45, 2.75) is 43.9 Å². The van der Waals surface area contributed by atoms with Gasteiger partial charge < -0.3 is 69.4 Å². The minimum Gasteiger partial charge on any atom is -0.493 e. The van der Waals surface area contributed by atoms with Crippen LogP contribution in [0, 0.1) is 11.6 Å². The number of aromatic nitrogens is 2. The van der Waals surface area contributed by atoms with Gasteiger partial charge in [-0.15, -0.1) is 0 Å². The fourth-order valence-corrected chi connectivity index (χ4v) is 7.57. The second-order valence-electron chi connectivity index (χ2n) is 15.2. The predicted molar refractivity (Wildman–Crippen MR) is 245 cm³/mol. The van der Waals surface area contributed by atoms with Gasteiger partial charge in [-0.2, -0.15) is 4.98 Å². The van der Waals surface area contributed by atoms with E-state index in [4.69, 9.17) is 53.5 Å². The number of aliphatic hydroxyl groups excluding tert-OH is 1. The summed E-state index contributed by atoms with van der Waals surface area (Å²) in [6.07, 6.45) is 2.60. The van der Waals surface area contributed by atoms with Crippen molar-refractivity contribution >= 4 is 33.3 Å². The molecule has 6 N–H and O–H groups in total. The number of nitrogens with one attached hydrogen (secondary N) is 3. The maximum absolute atomic E-state index is 15.0. The molecule has 1 aliphatic rings. The Morgan fingerprint density at radius 2 is 1.37 bits per heavy atom. The molecule has 380 valence electrons. The number of carbonyl (C=O) groups excluding carboxylic acids is 2. The average Bonchev–Trinajstić information content (AvgIpc) is 3.31. The highest BCUT2D eigenvalue weighted by Gasteiger charge is 2.19. The Kier molecular flexibility index (Phi) is 27.1. The summed E-state index contributed by atoms with van der Waals surface area (Å²) < 4.78 is 105. The largest absolute Gasteiger partial charge is 0.493 e. The quantitative estimate of drug-likeness (QED) is 0.0539. The van der Waals surface area contributed by atoms with Crippen LogP contribution in [-0.4, -0.2) is 173 Å². The van der Waals surface area contributed by atoms with E-state index in [-0.39, 0.29) is 74.1 Å². The Hall–Kier alpha value is -4.69. The first-order valence-corrected chi connectivity index (χ1v) is 24.5. The Labute approximate surface area is 396 Å². The lowest BCUT2D eigenvalue weighted by molar-refractivity contribution is -0.123. The molecule has 68 heavy (non-hydrogen) atoms. The van der Waals surface area contributed by atoms with Gasteiger partial charge in [0.1, 0.15) is 29.0 Å². The fourth-order valence-electron chi connectivity index (χ4n) is 6.26. The number of benzene rings is 1. The molecule has 4 rings (SSSR count). The minimum atomic E-state index is -3.77. The molecule has 0 fully saturated rings. The molecule has 2 amide bonds. The van der Waals surface area contributed by atoms with Crippen LogP contribution in [-0.2, 0) is 58.3 Å². The zero-order valence-corrected chi connectivity index (χ0v) is 39.2. The van der Waals surface area contributed by atoms with E-state index in [1.807, 2.05) is 0 Å². The van der Waals surface area contributed by atoms with Crippen molar-refractivity contribution in [3.05, 3.63) is 59.8 Å². The van der Waals surface area contributed by atoms with E-state index in [0.29, 0.717) is 129 Å². The maximum atomic E-state index is 15.0. The SMILES string of the molecule is N[C@@H](CCCCNC(=O)CCS(=O)(=O)Cc1cc2nc(c1)OCCCOc1cc(F)ccc1-c1cc(ncc1F)N2)C(=O)NCCOCCOCCOCCOCCOCCOCCOCCO. The highest BCUT2D eigenvalue weighted by molar-refractivity contribution is 7.90. The molecule has 23 heteroatoms. The van der Waals surface area contributed by atoms with Crippen LogP contribution in [0.4, 0.5) is 20.4 Å². The molecule has 4 bridgehead atoms. The molecule has 2 aromatic heterocycles. The lowest BCUT2D eigenvalue weighted by Gasteiger charge is -2.16. The number of carbonyl (C=O) groups is 2. The van der Waals surface area contributed by atoms with Gasteiger partial charge in [0.2, 0.25) is 17.7 Å². The molecule has 0 aliphatic carbocycles. The van der Waals surface area contributed by atoms with E-state index in [9.17, 15) is 26.8 Å².